The topological polar surface area (TPSA) is 55.2 Å². The zero-order valence-corrected chi connectivity index (χ0v) is 19.0. The van der Waals surface area contributed by atoms with Crippen LogP contribution in [0.4, 0.5) is 0 Å². The van der Waals surface area contributed by atoms with E-state index in [2.05, 4.69) is 20.9 Å². The number of carbonyl (C=O) groups excluding carboxylic acids is 1. The Kier molecular flexibility index (Phi) is 5.83. The normalized spacial score (nSPS) is 11.0. The Morgan fingerprint density at radius 2 is 1.83 bits per heavy atom. The zero-order chi connectivity index (χ0) is 21.3. The Hall–Kier alpha value is -2.77. The minimum Gasteiger partial charge on any atom is -0.340 e. The lowest BCUT2D eigenvalue weighted by molar-refractivity contribution is -0.131. The second kappa shape index (κ2) is 8.53. The van der Waals surface area contributed by atoms with Gasteiger partial charge in [-0.2, -0.15) is 0 Å². The van der Waals surface area contributed by atoms with Gasteiger partial charge >= 0.3 is 0 Å². The van der Waals surface area contributed by atoms with Crippen LogP contribution in [0.15, 0.2) is 70.2 Å². The summed E-state index contributed by atoms with van der Waals surface area (Å²) in [5.74, 6) is -0.144. The SMILES string of the molecule is Cc1sc2ncn(CC(=O)N(C)Cc3ccc(Br)cc3)c(=O)c2c1-c1ccccc1. The standard InChI is InChI=1S/C23H20BrN3O2S/c1-15-20(17-6-4-3-5-7-17)21-22(30-15)25-14-27(23(21)29)13-19(28)26(2)12-16-8-10-18(24)11-9-16/h3-11,14H,12-13H2,1-2H3. The quantitative estimate of drug-likeness (QED) is 0.409. The second-order valence-electron chi connectivity index (χ2n) is 7.13. The van der Waals surface area contributed by atoms with Crippen LogP contribution < -0.4 is 5.56 Å². The minimum absolute atomic E-state index is 0.0437. The van der Waals surface area contributed by atoms with E-state index in [-0.39, 0.29) is 18.0 Å². The van der Waals surface area contributed by atoms with E-state index in [0.29, 0.717) is 16.8 Å². The number of thiophene rings is 1. The average molecular weight is 482 g/mol. The molecule has 0 unspecified atom stereocenters. The molecule has 0 aliphatic carbocycles. The van der Waals surface area contributed by atoms with Gasteiger partial charge in [0.15, 0.2) is 0 Å². The highest BCUT2D eigenvalue weighted by molar-refractivity contribution is 9.10. The number of aromatic nitrogens is 2. The van der Waals surface area contributed by atoms with Crippen LogP contribution in [0, 0.1) is 6.92 Å². The minimum atomic E-state index is -0.186. The number of amides is 1. The molecular formula is C23H20BrN3O2S. The summed E-state index contributed by atoms with van der Waals surface area (Å²) in [4.78, 5) is 33.8. The molecule has 2 aromatic heterocycles. The molecule has 152 valence electrons. The highest BCUT2D eigenvalue weighted by Gasteiger charge is 2.18. The molecule has 0 aliphatic heterocycles. The number of halogens is 1. The third-order valence-corrected chi connectivity index (χ3v) is 6.52. The van der Waals surface area contributed by atoms with E-state index in [1.54, 1.807) is 11.9 Å². The highest BCUT2D eigenvalue weighted by Crippen LogP contribution is 2.35. The van der Waals surface area contributed by atoms with Crippen LogP contribution in [0.2, 0.25) is 0 Å². The molecule has 4 rings (SSSR count). The number of aryl methyl sites for hydroxylation is 1. The molecule has 2 heterocycles. The molecule has 7 heteroatoms. The first-order chi connectivity index (χ1) is 14.4. The molecular weight excluding hydrogens is 462 g/mol. The maximum Gasteiger partial charge on any atom is 0.263 e. The Balaban J connectivity index is 1.63. The van der Waals surface area contributed by atoms with Gasteiger partial charge in [-0.05, 0) is 30.2 Å². The van der Waals surface area contributed by atoms with Gasteiger partial charge in [0.1, 0.15) is 11.4 Å². The van der Waals surface area contributed by atoms with Crippen molar-refractivity contribution in [3.8, 4) is 11.1 Å². The first kappa shape index (κ1) is 20.5. The molecule has 0 bridgehead atoms. The van der Waals surface area contributed by atoms with Crippen LogP contribution in [-0.4, -0.2) is 27.4 Å². The van der Waals surface area contributed by atoms with Crippen molar-refractivity contribution < 1.29 is 4.79 Å². The predicted molar refractivity (Wildman–Crippen MR) is 125 cm³/mol. The van der Waals surface area contributed by atoms with Gasteiger partial charge in [-0.3, -0.25) is 14.2 Å². The molecule has 30 heavy (non-hydrogen) atoms. The van der Waals surface area contributed by atoms with Crippen molar-refractivity contribution in [2.75, 3.05) is 7.05 Å². The van der Waals surface area contributed by atoms with Crippen molar-refractivity contribution in [3.05, 3.63) is 86.2 Å². The van der Waals surface area contributed by atoms with E-state index < -0.39 is 0 Å². The largest absolute Gasteiger partial charge is 0.340 e. The van der Waals surface area contributed by atoms with Crippen molar-refractivity contribution in [2.24, 2.45) is 0 Å². The monoisotopic (exact) mass is 481 g/mol. The fourth-order valence-corrected chi connectivity index (χ4v) is 4.69. The molecule has 0 N–H and O–H groups in total. The summed E-state index contributed by atoms with van der Waals surface area (Å²) in [5, 5.41) is 0.578. The summed E-state index contributed by atoms with van der Waals surface area (Å²) in [6.45, 7) is 2.43. The molecule has 0 saturated heterocycles. The zero-order valence-electron chi connectivity index (χ0n) is 16.6. The number of fused-ring (bicyclic) bond motifs is 1. The number of hydrogen-bond acceptors (Lipinski definition) is 4. The fraction of sp³-hybridized carbons (Fsp3) is 0.174. The Morgan fingerprint density at radius 3 is 2.53 bits per heavy atom. The van der Waals surface area contributed by atoms with Crippen LogP contribution in [0.25, 0.3) is 21.3 Å². The molecule has 0 aliphatic rings. The van der Waals surface area contributed by atoms with Gasteiger partial charge in [-0.25, -0.2) is 4.98 Å². The molecule has 0 fully saturated rings. The van der Waals surface area contributed by atoms with E-state index in [1.165, 1.54) is 22.2 Å². The molecule has 4 aromatic rings. The summed E-state index contributed by atoms with van der Waals surface area (Å²) in [6.07, 6.45) is 1.47. The molecule has 0 radical (unpaired) electrons. The maximum absolute atomic E-state index is 13.2. The Bertz CT molecular complexity index is 1260. The first-order valence-electron chi connectivity index (χ1n) is 9.46. The molecule has 0 atom stereocenters. The van der Waals surface area contributed by atoms with Crippen LogP contribution in [0.3, 0.4) is 0 Å². The number of benzene rings is 2. The molecule has 1 amide bonds. The van der Waals surface area contributed by atoms with Crippen molar-refractivity contribution in [2.45, 2.75) is 20.0 Å². The highest BCUT2D eigenvalue weighted by atomic mass is 79.9. The van der Waals surface area contributed by atoms with Crippen LogP contribution in [0.1, 0.15) is 10.4 Å². The molecule has 5 nitrogen and oxygen atoms in total. The summed E-state index contributed by atoms with van der Waals surface area (Å²) >= 11 is 4.91. The fourth-order valence-electron chi connectivity index (χ4n) is 3.42. The molecule has 0 saturated carbocycles. The Morgan fingerprint density at radius 1 is 1.13 bits per heavy atom. The van der Waals surface area contributed by atoms with Gasteiger partial charge in [0, 0.05) is 28.5 Å². The predicted octanol–water partition coefficient (Wildman–Crippen LogP) is 4.85. The number of rotatable bonds is 5. The smallest absolute Gasteiger partial charge is 0.263 e. The first-order valence-corrected chi connectivity index (χ1v) is 11.1. The van der Waals surface area contributed by atoms with E-state index in [9.17, 15) is 9.59 Å². The number of carbonyl (C=O) groups is 1. The van der Waals surface area contributed by atoms with Gasteiger partial charge in [-0.1, -0.05) is 58.4 Å². The maximum atomic E-state index is 13.2. The lowest BCUT2D eigenvalue weighted by atomic mass is 10.0. The number of hydrogen-bond donors (Lipinski definition) is 0. The van der Waals surface area contributed by atoms with Gasteiger partial charge in [0.25, 0.3) is 5.56 Å². The third kappa shape index (κ3) is 4.08. The van der Waals surface area contributed by atoms with E-state index >= 15 is 0 Å². The lowest BCUT2D eigenvalue weighted by Crippen LogP contribution is -2.33. The van der Waals surface area contributed by atoms with Gasteiger partial charge in [-0.15, -0.1) is 11.3 Å². The summed E-state index contributed by atoms with van der Waals surface area (Å²) < 4.78 is 2.40. The van der Waals surface area contributed by atoms with Crippen LogP contribution >= 0.6 is 27.3 Å². The van der Waals surface area contributed by atoms with Crippen molar-refractivity contribution in [3.63, 3.8) is 0 Å². The Labute approximate surface area is 186 Å². The van der Waals surface area contributed by atoms with E-state index in [4.69, 9.17) is 0 Å². The average Bonchev–Trinajstić information content (AvgIpc) is 3.09. The molecule has 2 aromatic carbocycles. The van der Waals surface area contributed by atoms with Crippen molar-refractivity contribution in [1.29, 1.82) is 0 Å². The summed E-state index contributed by atoms with van der Waals surface area (Å²) in [7, 11) is 1.74. The third-order valence-electron chi connectivity index (χ3n) is 4.98. The van der Waals surface area contributed by atoms with Gasteiger partial charge in [0.2, 0.25) is 5.91 Å². The van der Waals surface area contributed by atoms with Gasteiger partial charge in [0.05, 0.1) is 11.7 Å². The lowest BCUT2D eigenvalue weighted by Gasteiger charge is -2.18. The van der Waals surface area contributed by atoms with Gasteiger partial charge < -0.3 is 4.90 Å². The number of likely N-dealkylation sites (N-methyl/N-ethyl adjacent to an activating group) is 1. The van der Waals surface area contributed by atoms with Crippen molar-refractivity contribution >= 4 is 43.4 Å². The van der Waals surface area contributed by atoms with Crippen LogP contribution in [-0.2, 0) is 17.9 Å². The van der Waals surface area contributed by atoms with Crippen molar-refractivity contribution in [1.82, 2.24) is 14.5 Å². The van der Waals surface area contributed by atoms with E-state index in [0.717, 1.165) is 26.0 Å². The number of nitrogens with zero attached hydrogens (tertiary/aromatic N) is 3. The van der Waals surface area contributed by atoms with Crippen LogP contribution in [0.5, 0.6) is 0 Å². The summed E-state index contributed by atoms with van der Waals surface area (Å²) in [6, 6.07) is 17.7. The summed E-state index contributed by atoms with van der Waals surface area (Å²) in [5.41, 5.74) is 2.72. The second-order valence-corrected chi connectivity index (χ2v) is 9.25. The van der Waals surface area contributed by atoms with E-state index in [1.807, 2.05) is 61.5 Å². The molecule has 0 spiro atoms.